The number of aliphatic hydroxyl groups is 1. The van der Waals surface area contributed by atoms with E-state index in [0.717, 1.165) is 0 Å². The molecule has 0 heterocycles. The average molecular weight is 227 g/mol. The van der Waals surface area contributed by atoms with Crippen molar-refractivity contribution in [3.8, 4) is 0 Å². The van der Waals surface area contributed by atoms with Gasteiger partial charge in [-0.05, 0) is 38.6 Å². The molecule has 0 unspecified atom stereocenters. The second-order valence-corrected chi connectivity index (χ2v) is 4.48. The third-order valence-corrected chi connectivity index (χ3v) is 1.86. The summed E-state index contributed by atoms with van der Waals surface area (Å²) in [6.45, 7) is 5.21. The van der Waals surface area contributed by atoms with E-state index in [2.05, 4.69) is 0 Å². The number of amides is 1. The Bertz CT molecular complexity index is 314. The lowest BCUT2D eigenvalue weighted by Gasteiger charge is -2.25. The zero-order valence-electron chi connectivity index (χ0n) is 10.3. The Morgan fingerprint density at radius 3 is 2.38 bits per heavy atom. The molecule has 0 aliphatic carbocycles. The Morgan fingerprint density at radius 1 is 1.50 bits per heavy atom. The molecule has 16 heavy (non-hydrogen) atoms. The first-order valence-electron chi connectivity index (χ1n) is 5.01. The number of allylic oxidation sites excluding steroid dienone is 2. The van der Waals surface area contributed by atoms with E-state index in [-0.39, 0.29) is 18.1 Å². The van der Waals surface area contributed by atoms with Gasteiger partial charge in [-0.15, -0.1) is 0 Å². The van der Waals surface area contributed by atoms with Crippen LogP contribution in [-0.4, -0.2) is 35.1 Å². The summed E-state index contributed by atoms with van der Waals surface area (Å²) >= 11 is 0. The highest BCUT2D eigenvalue weighted by atomic mass is 16.3. The Hall–Kier alpha value is -1.49. The van der Waals surface area contributed by atoms with Gasteiger partial charge in [0.2, 0.25) is 0 Å². The SMILES string of the molecule is CC(=C/N)/C=C(\N)C(=O)N(C)CC(C)(C)O. The lowest BCUT2D eigenvalue weighted by molar-refractivity contribution is -0.128. The lowest BCUT2D eigenvalue weighted by Crippen LogP contribution is -2.41. The summed E-state index contributed by atoms with van der Waals surface area (Å²) in [6.07, 6.45) is 2.87. The van der Waals surface area contributed by atoms with Crippen molar-refractivity contribution in [2.24, 2.45) is 11.5 Å². The Morgan fingerprint density at radius 2 is 2.00 bits per heavy atom. The lowest BCUT2D eigenvalue weighted by atomic mass is 10.1. The number of hydrogen-bond acceptors (Lipinski definition) is 4. The Labute approximate surface area is 96.4 Å². The van der Waals surface area contributed by atoms with Crippen LogP contribution in [0.3, 0.4) is 0 Å². The van der Waals surface area contributed by atoms with E-state index in [1.807, 2.05) is 0 Å². The zero-order chi connectivity index (χ0) is 12.9. The molecule has 5 nitrogen and oxygen atoms in total. The molecule has 0 spiro atoms. The van der Waals surface area contributed by atoms with Crippen LogP contribution in [0, 0.1) is 0 Å². The minimum atomic E-state index is -0.941. The molecule has 1 amide bonds. The summed E-state index contributed by atoms with van der Waals surface area (Å²) in [5, 5.41) is 9.56. The molecule has 0 saturated heterocycles. The monoisotopic (exact) mass is 227 g/mol. The van der Waals surface area contributed by atoms with Crippen LogP contribution in [-0.2, 0) is 4.79 Å². The maximum Gasteiger partial charge on any atom is 0.269 e. The molecule has 92 valence electrons. The van der Waals surface area contributed by atoms with Crippen molar-refractivity contribution in [1.29, 1.82) is 0 Å². The summed E-state index contributed by atoms with van der Waals surface area (Å²) in [6, 6.07) is 0. The molecule has 0 fully saturated rings. The standard InChI is InChI=1S/C11H21N3O2/c1-8(6-12)5-9(13)10(15)14(4)7-11(2,3)16/h5-6,16H,7,12-13H2,1-4H3/b8-6-,9-5-. The van der Waals surface area contributed by atoms with Crippen LogP contribution in [0.15, 0.2) is 23.5 Å². The highest BCUT2D eigenvalue weighted by Crippen LogP contribution is 2.06. The molecule has 0 aliphatic rings. The van der Waals surface area contributed by atoms with Crippen molar-refractivity contribution in [3.63, 3.8) is 0 Å². The van der Waals surface area contributed by atoms with E-state index in [1.165, 1.54) is 17.2 Å². The second kappa shape index (κ2) is 5.55. The van der Waals surface area contributed by atoms with Gasteiger partial charge < -0.3 is 21.5 Å². The predicted octanol–water partition coefficient (Wildman–Crippen LogP) is -0.0792. The number of likely N-dealkylation sites (N-methyl/N-ethyl adjacent to an activating group) is 1. The topological polar surface area (TPSA) is 92.6 Å². The summed E-state index contributed by atoms with van der Waals surface area (Å²) in [4.78, 5) is 13.1. The summed E-state index contributed by atoms with van der Waals surface area (Å²) < 4.78 is 0. The molecule has 0 aliphatic heterocycles. The number of carbonyl (C=O) groups is 1. The fourth-order valence-corrected chi connectivity index (χ4v) is 1.23. The van der Waals surface area contributed by atoms with E-state index in [4.69, 9.17) is 11.5 Å². The van der Waals surface area contributed by atoms with E-state index < -0.39 is 5.60 Å². The fourth-order valence-electron chi connectivity index (χ4n) is 1.23. The van der Waals surface area contributed by atoms with Gasteiger partial charge in [0.15, 0.2) is 0 Å². The number of nitrogens with two attached hydrogens (primary N) is 2. The van der Waals surface area contributed by atoms with E-state index >= 15 is 0 Å². The van der Waals surface area contributed by atoms with Crippen molar-refractivity contribution >= 4 is 5.91 Å². The van der Waals surface area contributed by atoms with Crippen LogP contribution in [0.1, 0.15) is 20.8 Å². The second-order valence-electron chi connectivity index (χ2n) is 4.48. The van der Waals surface area contributed by atoms with Crippen molar-refractivity contribution in [1.82, 2.24) is 4.90 Å². The first-order chi connectivity index (χ1) is 7.17. The first kappa shape index (κ1) is 14.5. The molecule has 5 heteroatoms. The Balaban J connectivity index is 4.63. The Kier molecular flexibility index (Phi) is 5.04. The van der Waals surface area contributed by atoms with Crippen molar-refractivity contribution < 1.29 is 9.90 Å². The van der Waals surface area contributed by atoms with Gasteiger partial charge in [0.1, 0.15) is 0 Å². The van der Waals surface area contributed by atoms with Crippen LogP contribution in [0.2, 0.25) is 0 Å². The van der Waals surface area contributed by atoms with Gasteiger partial charge in [-0.2, -0.15) is 0 Å². The summed E-state index contributed by atoms with van der Waals surface area (Å²) in [5.74, 6) is -0.330. The van der Waals surface area contributed by atoms with Gasteiger partial charge in [-0.3, -0.25) is 4.79 Å². The third-order valence-electron chi connectivity index (χ3n) is 1.86. The number of nitrogens with zero attached hydrogens (tertiary/aromatic N) is 1. The molecule has 0 rings (SSSR count). The number of hydrogen-bond donors (Lipinski definition) is 3. The molecule has 0 saturated carbocycles. The van der Waals surface area contributed by atoms with Crippen LogP contribution < -0.4 is 11.5 Å². The minimum Gasteiger partial charge on any atom is -0.404 e. The quantitative estimate of drug-likeness (QED) is 0.462. The molecule has 0 atom stereocenters. The molecule has 0 aromatic rings. The van der Waals surface area contributed by atoms with Crippen LogP contribution in [0.5, 0.6) is 0 Å². The van der Waals surface area contributed by atoms with Gasteiger partial charge in [-0.25, -0.2) is 0 Å². The van der Waals surface area contributed by atoms with Crippen molar-refractivity contribution in [3.05, 3.63) is 23.5 Å². The molecule has 0 radical (unpaired) electrons. The van der Waals surface area contributed by atoms with Gasteiger partial charge in [0.05, 0.1) is 11.3 Å². The molecule has 0 aromatic heterocycles. The van der Waals surface area contributed by atoms with E-state index in [9.17, 15) is 9.90 Å². The largest absolute Gasteiger partial charge is 0.404 e. The molecular formula is C11H21N3O2. The van der Waals surface area contributed by atoms with Crippen molar-refractivity contribution in [2.45, 2.75) is 26.4 Å². The van der Waals surface area contributed by atoms with Gasteiger partial charge in [0, 0.05) is 13.6 Å². The molecular weight excluding hydrogens is 206 g/mol. The zero-order valence-corrected chi connectivity index (χ0v) is 10.3. The molecule has 5 N–H and O–H groups in total. The van der Waals surface area contributed by atoms with Gasteiger partial charge in [-0.1, -0.05) is 0 Å². The number of carbonyl (C=O) groups excluding carboxylic acids is 1. The normalized spacial score (nSPS) is 13.8. The van der Waals surface area contributed by atoms with Crippen LogP contribution in [0.25, 0.3) is 0 Å². The maximum absolute atomic E-state index is 11.7. The minimum absolute atomic E-state index is 0.103. The predicted molar refractivity (Wildman–Crippen MR) is 64.1 cm³/mol. The first-order valence-corrected chi connectivity index (χ1v) is 5.01. The van der Waals surface area contributed by atoms with Gasteiger partial charge in [0.25, 0.3) is 5.91 Å². The van der Waals surface area contributed by atoms with E-state index in [1.54, 1.807) is 27.8 Å². The smallest absolute Gasteiger partial charge is 0.269 e. The molecule has 0 aromatic carbocycles. The maximum atomic E-state index is 11.7. The van der Waals surface area contributed by atoms with Crippen molar-refractivity contribution in [2.75, 3.05) is 13.6 Å². The highest BCUT2D eigenvalue weighted by Gasteiger charge is 2.20. The highest BCUT2D eigenvalue weighted by molar-refractivity contribution is 5.92. The summed E-state index contributed by atoms with van der Waals surface area (Å²) in [7, 11) is 1.59. The third kappa shape index (κ3) is 5.41. The van der Waals surface area contributed by atoms with Gasteiger partial charge >= 0.3 is 0 Å². The van der Waals surface area contributed by atoms with E-state index in [0.29, 0.717) is 5.57 Å². The van der Waals surface area contributed by atoms with Crippen LogP contribution >= 0.6 is 0 Å². The molecule has 0 bridgehead atoms. The number of rotatable bonds is 4. The van der Waals surface area contributed by atoms with Crippen LogP contribution in [0.4, 0.5) is 0 Å². The fraction of sp³-hybridized carbons (Fsp3) is 0.545. The average Bonchev–Trinajstić information content (AvgIpc) is 2.13. The summed E-state index contributed by atoms with van der Waals surface area (Å²) in [5.41, 5.74) is 10.7.